The molecule has 2 aliphatic heterocycles. The number of fused-ring (bicyclic) bond motifs is 3. The molecule has 8 unspecified atom stereocenters. The minimum absolute atomic E-state index is 0.0218. The van der Waals surface area contributed by atoms with Crippen LogP contribution in [0.1, 0.15) is 91.9 Å². The van der Waals surface area contributed by atoms with E-state index >= 15 is 0 Å². The number of aliphatic hydroxyl groups excluding tert-OH is 1. The standard InChI is InChI=1S/C54H60N2O8/c1-52(2)34-42-38(24-25-47-53(3,63-47)27-26-43(42)52)30-36-20-22-37(23-21-36)51(60)61-45-32-39(50(59)56(4)44(49(58)55-28-29-57)31-35-14-8-5-9-15-35)33-46-48(45)64-54(62-46,40-16-10-6-11-17-40)41-18-12-7-13-19-41/h5-23,30,33,42-48,57H,24-29,31-32,34H2,1-4H3,(H,55,58). The van der Waals surface area contributed by atoms with Crippen LogP contribution in [0.4, 0.5) is 0 Å². The molecule has 2 saturated carbocycles. The number of amides is 2. The Morgan fingerprint density at radius 3 is 2.16 bits per heavy atom. The van der Waals surface area contributed by atoms with Crippen LogP contribution in [0.2, 0.25) is 0 Å². The number of nitrogens with zero attached hydrogens (tertiary/aromatic N) is 1. The van der Waals surface area contributed by atoms with Gasteiger partial charge in [-0.25, -0.2) is 4.79 Å². The summed E-state index contributed by atoms with van der Waals surface area (Å²) in [5.74, 6) is -1.52. The molecule has 4 aromatic rings. The molecule has 0 spiro atoms. The second-order valence-electron chi connectivity index (χ2n) is 19.2. The Morgan fingerprint density at radius 1 is 0.859 bits per heavy atom. The van der Waals surface area contributed by atoms with Gasteiger partial charge in [-0.1, -0.05) is 129 Å². The number of hydrogen-bond donors (Lipinski definition) is 2. The highest BCUT2D eigenvalue weighted by Gasteiger charge is 2.57. The Kier molecular flexibility index (Phi) is 12.2. The van der Waals surface area contributed by atoms with Gasteiger partial charge in [0, 0.05) is 43.1 Å². The summed E-state index contributed by atoms with van der Waals surface area (Å²) in [6.07, 6.45) is 7.71. The van der Waals surface area contributed by atoms with Crippen molar-refractivity contribution in [3.63, 3.8) is 0 Å². The average Bonchev–Trinajstić information content (AvgIpc) is 3.77. The molecule has 2 amide bonds. The SMILES string of the molecule is CN(C(=O)C1=CC2OC(c3ccccc3)(c3ccccc3)OC2C(OC(=O)c2ccc(C=C3CCC4OC4(C)CCC4C3CC4(C)C)cc2)C1)C(Cc1ccccc1)C(=O)NCCO. The number of likely N-dealkylation sites (N-methyl/N-ethyl adjacent to an activating group) is 1. The number of benzene rings is 4. The molecule has 10 nitrogen and oxygen atoms in total. The van der Waals surface area contributed by atoms with E-state index in [4.69, 9.17) is 18.9 Å². The Labute approximate surface area is 376 Å². The minimum Gasteiger partial charge on any atom is -0.456 e. The third kappa shape index (κ3) is 8.73. The number of hydrogen-bond acceptors (Lipinski definition) is 8. The van der Waals surface area contributed by atoms with Crippen LogP contribution in [-0.2, 0) is 40.7 Å². The monoisotopic (exact) mass is 864 g/mol. The lowest BCUT2D eigenvalue weighted by Crippen LogP contribution is -2.51. The summed E-state index contributed by atoms with van der Waals surface area (Å²) in [5, 5.41) is 12.2. The Bertz CT molecular complexity index is 2340. The predicted molar refractivity (Wildman–Crippen MR) is 244 cm³/mol. The largest absolute Gasteiger partial charge is 0.456 e. The van der Waals surface area contributed by atoms with Gasteiger partial charge >= 0.3 is 5.97 Å². The van der Waals surface area contributed by atoms with Crippen molar-refractivity contribution in [3.8, 4) is 0 Å². The maximum absolute atomic E-state index is 14.7. The van der Waals surface area contributed by atoms with Crippen LogP contribution in [-0.4, -0.2) is 84.0 Å². The first-order valence-corrected chi connectivity index (χ1v) is 22.9. The number of nitrogens with one attached hydrogen (secondary N) is 1. The Hall–Kier alpha value is -5.39. The molecule has 8 atom stereocenters. The number of esters is 1. The van der Waals surface area contributed by atoms with Crippen LogP contribution in [0.5, 0.6) is 0 Å². The first-order chi connectivity index (χ1) is 30.9. The van der Waals surface area contributed by atoms with Crippen LogP contribution in [0.15, 0.2) is 132 Å². The topological polar surface area (TPSA) is 127 Å². The van der Waals surface area contributed by atoms with E-state index in [0.29, 0.717) is 34.5 Å². The lowest BCUT2D eigenvalue weighted by atomic mass is 9.52. The van der Waals surface area contributed by atoms with Gasteiger partial charge in [0.15, 0.2) is 0 Å². The van der Waals surface area contributed by atoms with Crippen LogP contribution in [0.3, 0.4) is 0 Å². The maximum Gasteiger partial charge on any atom is 0.338 e. The van der Waals surface area contributed by atoms with Gasteiger partial charge in [0.05, 0.1) is 23.9 Å². The number of allylic oxidation sites excluding steroid dienone is 1. The number of aliphatic hydroxyl groups is 1. The van der Waals surface area contributed by atoms with Crippen molar-refractivity contribution >= 4 is 23.9 Å². The molecule has 0 aromatic heterocycles. The van der Waals surface area contributed by atoms with E-state index in [0.717, 1.165) is 41.5 Å². The molecule has 64 heavy (non-hydrogen) atoms. The van der Waals surface area contributed by atoms with Crippen molar-refractivity contribution in [1.82, 2.24) is 10.2 Å². The predicted octanol–water partition coefficient (Wildman–Crippen LogP) is 8.18. The molecule has 3 aliphatic carbocycles. The van der Waals surface area contributed by atoms with Gasteiger partial charge in [-0.05, 0) is 85.6 Å². The number of carbonyl (C=O) groups excluding carboxylic acids is 3. The van der Waals surface area contributed by atoms with E-state index in [2.05, 4.69) is 32.2 Å². The first kappa shape index (κ1) is 43.8. The van der Waals surface area contributed by atoms with Gasteiger partial charge in [-0.2, -0.15) is 0 Å². The van der Waals surface area contributed by atoms with Crippen LogP contribution >= 0.6 is 0 Å². The highest BCUT2D eigenvalue weighted by molar-refractivity contribution is 5.97. The van der Waals surface area contributed by atoms with Gasteiger partial charge in [-0.15, -0.1) is 0 Å². The third-order valence-corrected chi connectivity index (χ3v) is 14.6. The molecule has 4 fully saturated rings. The molecular weight excluding hydrogens is 805 g/mol. The molecule has 5 aliphatic rings. The van der Waals surface area contributed by atoms with Crippen LogP contribution < -0.4 is 5.32 Å². The van der Waals surface area contributed by atoms with Gasteiger partial charge < -0.3 is 34.3 Å². The smallest absolute Gasteiger partial charge is 0.338 e. The highest BCUT2D eigenvalue weighted by Crippen LogP contribution is 2.60. The molecule has 10 heteroatoms. The normalized spacial score (nSPS) is 28.6. The number of rotatable bonds is 12. The number of epoxide rings is 1. The fourth-order valence-corrected chi connectivity index (χ4v) is 10.8. The highest BCUT2D eigenvalue weighted by atomic mass is 16.8. The summed E-state index contributed by atoms with van der Waals surface area (Å²) in [5.41, 5.74) is 5.94. The molecule has 2 N–H and O–H groups in total. The zero-order valence-corrected chi connectivity index (χ0v) is 37.3. The van der Waals surface area contributed by atoms with E-state index in [9.17, 15) is 19.5 Å². The summed E-state index contributed by atoms with van der Waals surface area (Å²) >= 11 is 0. The van der Waals surface area contributed by atoms with E-state index in [1.54, 1.807) is 13.1 Å². The molecular formula is C54H60N2O8. The average molecular weight is 865 g/mol. The van der Waals surface area contributed by atoms with E-state index in [1.807, 2.05) is 115 Å². The fourth-order valence-electron chi connectivity index (χ4n) is 10.8. The maximum atomic E-state index is 14.7. The molecule has 9 rings (SSSR count). The van der Waals surface area contributed by atoms with Gasteiger partial charge in [0.2, 0.25) is 17.6 Å². The summed E-state index contributed by atoms with van der Waals surface area (Å²) in [7, 11) is 1.60. The number of ether oxygens (including phenoxy) is 4. The Balaban J connectivity index is 0.997. The van der Waals surface area contributed by atoms with Crippen molar-refractivity contribution in [3.05, 3.63) is 160 Å². The molecule has 4 aromatic carbocycles. The molecule has 2 heterocycles. The number of carbonyl (C=O) groups is 3. The third-order valence-electron chi connectivity index (χ3n) is 14.6. The molecule has 2 saturated heterocycles. The lowest BCUT2D eigenvalue weighted by molar-refractivity contribution is -0.157. The minimum atomic E-state index is -1.37. The van der Waals surface area contributed by atoms with E-state index < -0.39 is 42.0 Å². The van der Waals surface area contributed by atoms with Crippen molar-refractivity contribution in [2.45, 2.75) is 108 Å². The van der Waals surface area contributed by atoms with Crippen molar-refractivity contribution in [1.29, 1.82) is 0 Å². The Morgan fingerprint density at radius 2 is 1.52 bits per heavy atom. The molecule has 0 bridgehead atoms. The summed E-state index contributed by atoms with van der Waals surface area (Å²) in [4.78, 5) is 43.9. The zero-order chi connectivity index (χ0) is 44.6. The molecule has 0 radical (unpaired) electrons. The fraction of sp³-hybridized carbons (Fsp3) is 0.426. The first-order valence-electron chi connectivity index (χ1n) is 22.9. The van der Waals surface area contributed by atoms with Gasteiger partial charge in [0.1, 0.15) is 24.4 Å². The van der Waals surface area contributed by atoms with Crippen molar-refractivity contribution < 1.29 is 38.4 Å². The summed E-state index contributed by atoms with van der Waals surface area (Å²) in [6.45, 7) is 6.88. The lowest BCUT2D eigenvalue weighted by Gasteiger charge is -2.53. The summed E-state index contributed by atoms with van der Waals surface area (Å²) < 4.78 is 26.5. The molecule has 334 valence electrons. The van der Waals surface area contributed by atoms with E-state index in [-0.39, 0.29) is 37.5 Å². The van der Waals surface area contributed by atoms with Crippen molar-refractivity contribution in [2.24, 2.45) is 17.3 Å². The quantitative estimate of drug-likeness (QED) is 0.108. The van der Waals surface area contributed by atoms with Crippen LogP contribution in [0, 0.1) is 17.3 Å². The van der Waals surface area contributed by atoms with Crippen molar-refractivity contribution in [2.75, 3.05) is 20.2 Å². The van der Waals surface area contributed by atoms with Gasteiger partial charge in [0.25, 0.3) is 0 Å². The zero-order valence-electron chi connectivity index (χ0n) is 37.3. The summed E-state index contributed by atoms with van der Waals surface area (Å²) in [6, 6.07) is 35.5. The van der Waals surface area contributed by atoms with Gasteiger partial charge in [-0.3, -0.25) is 9.59 Å². The van der Waals surface area contributed by atoms with E-state index in [1.165, 1.54) is 23.3 Å². The van der Waals surface area contributed by atoms with Crippen LogP contribution in [0.25, 0.3) is 6.08 Å². The second-order valence-corrected chi connectivity index (χ2v) is 19.2. The second kappa shape index (κ2) is 17.9.